The van der Waals surface area contributed by atoms with Crippen LogP contribution in [0.3, 0.4) is 0 Å². The van der Waals surface area contributed by atoms with Crippen molar-refractivity contribution < 1.29 is 127 Å². The summed E-state index contributed by atoms with van der Waals surface area (Å²) in [5.41, 5.74) is 1.55. The predicted octanol–water partition coefficient (Wildman–Crippen LogP) is 2.63. The van der Waals surface area contributed by atoms with Crippen molar-refractivity contribution in [3.8, 4) is 57.1 Å². The summed E-state index contributed by atoms with van der Waals surface area (Å²) in [5, 5.41) is 132. The molecule has 0 radical (unpaired) electrons. The van der Waals surface area contributed by atoms with Gasteiger partial charge < -0.3 is 143 Å². The third kappa shape index (κ3) is 22.8. The zero-order valence-electron chi connectivity index (χ0n) is 66.0. The van der Waals surface area contributed by atoms with Crippen LogP contribution in [0.25, 0.3) is 11.1 Å². The molecule has 650 valence electrons. The van der Waals surface area contributed by atoms with E-state index in [-0.39, 0.29) is 40.7 Å². The van der Waals surface area contributed by atoms with E-state index in [1.807, 2.05) is 19.2 Å². The molecule has 2 fully saturated rings. The van der Waals surface area contributed by atoms with Crippen LogP contribution in [-0.2, 0) is 57.1 Å². The summed E-state index contributed by atoms with van der Waals surface area (Å²) < 4.78 is 51.7. The Bertz CT molecular complexity index is 4570. The van der Waals surface area contributed by atoms with Crippen LogP contribution in [0.1, 0.15) is 163 Å². The van der Waals surface area contributed by atoms with Crippen molar-refractivity contribution in [2.45, 2.75) is 214 Å². The average molecular weight is 1730 g/mol. The summed E-state index contributed by atoms with van der Waals surface area (Å²) in [4.78, 5) is 139. The van der Waals surface area contributed by atoms with E-state index < -0.39 is 256 Å². The maximum absolute atomic E-state index is 16.3. The Hall–Kier alpha value is -9.09. The Kier molecular flexibility index (Phi) is 31.4. The number of primary amides is 1. The number of nitrogens with one attached hydrogen (secondary N) is 10. The van der Waals surface area contributed by atoms with Gasteiger partial charge in [-0.15, -0.1) is 0 Å². The highest BCUT2D eigenvalue weighted by Gasteiger charge is 2.52. The van der Waals surface area contributed by atoms with Gasteiger partial charge in [-0.05, 0) is 129 Å². The van der Waals surface area contributed by atoms with Crippen LogP contribution in [0.4, 0.5) is 0 Å². The molecule has 0 spiro atoms. The van der Waals surface area contributed by atoms with Crippen molar-refractivity contribution in [3.63, 3.8) is 0 Å². The molecule has 12 rings (SSSR count). The SMILES string of the molecule is CCCCCCCCCCNCCN[C@@]1(C)C[C@H](O[C@H]2[C@H](Oc3c4cc5cc3Oc3ccc(cc3Cl)[C@@H](O)[C@@H](NC(=O)[C@@H](CC(C)C)NC)C(=O)N[C@@H](CC(N)=O)C(=O)N[C@H]5C(=O)N[C@H]3C(=O)N[C@H](C(=O)N[C@H](C(=O)NCP(=O)(O)O)c5cc(O)cc(O)c5-c5cc3ccc5O)[C@H](O)c3ccc(c(Cl)c3)O4)O[C@H](CO)[C@@H](O)[C@@H]2O)O[C@@H](C)[C@H]1O. The van der Waals surface area contributed by atoms with Crippen molar-refractivity contribution in [3.05, 3.63) is 117 Å². The molecule has 7 heterocycles. The first-order chi connectivity index (χ1) is 56.4. The Morgan fingerprint density at radius 2 is 1.30 bits per heavy atom. The monoisotopic (exact) mass is 1720 g/mol. The second kappa shape index (κ2) is 40.5. The van der Waals surface area contributed by atoms with E-state index in [0.29, 0.717) is 13.1 Å². The number of halogens is 2. The van der Waals surface area contributed by atoms with Gasteiger partial charge in [-0.25, -0.2) is 0 Å². The molecule has 37 nitrogen and oxygen atoms in total. The van der Waals surface area contributed by atoms with E-state index in [2.05, 4.69) is 54.8 Å². The minimum atomic E-state index is -5.11. The molecule has 0 aromatic heterocycles. The van der Waals surface area contributed by atoms with Crippen LogP contribution in [-0.4, -0.2) is 221 Å². The minimum absolute atomic E-state index is 0.114. The van der Waals surface area contributed by atoms with Gasteiger partial charge in [-0.2, -0.15) is 0 Å². The minimum Gasteiger partial charge on any atom is -0.508 e. The third-order valence-corrected chi connectivity index (χ3v) is 22.4. The fourth-order valence-electron chi connectivity index (χ4n) is 14.9. The zero-order chi connectivity index (χ0) is 86.6. The zero-order valence-corrected chi connectivity index (χ0v) is 68.4. The third-order valence-electron chi connectivity index (χ3n) is 21.2. The topological polar surface area (TPSA) is 578 Å². The van der Waals surface area contributed by atoms with Gasteiger partial charge in [0.2, 0.25) is 59.3 Å². The standard InChI is InChI=1S/C79H104Cl2N11O26P/c1-7-8-9-10-11-12-13-14-21-84-22-23-86-79(5)33-57(113-37(4)70(79)102)117-69-67(101)66(100)55(34-93)116-78(69)118-68-53-28-41-29-54(68)115-52-20-17-40(27-46(52)81)65(99)63-77(109)90-61(73(105)85-35-119(110,111)112)44-30-42(94)31-50(96)58(44)43-25-38(15-18-49(43)95)59(74(106)92-63)89-75(107)60(41)88-72(104)48(32-56(82)97)87-76(108)62(91-71(103)47(83-6)24-36(2)3)64(98)39-16-19-51(114-53)45(80)26-39/h15-20,25-31,36-37,47-48,55,57,59-67,69-70,78,83-84,86,93-96,98-102H,7-14,21-24,32-35H2,1-6H3,(H2,82,97)(H,85,105)(H,87,108)(H,88,104)(H,89,107)(H,90,109)(H,91,103)(H,92,106)(H2,110,111,112)/t37-,47+,48-,55+,57-,59+,60+,61-,62+,63-,64+,65+,66+,67-,69+,70+,78-,79-/m0/s1. The van der Waals surface area contributed by atoms with Crippen LogP contribution in [0.5, 0.6) is 46.0 Å². The number of phenolic OH excluding ortho intramolecular Hbond substituents is 3. The predicted molar refractivity (Wildman–Crippen MR) is 426 cm³/mol. The summed E-state index contributed by atoms with van der Waals surface area (Å²) in [6, 6.07) is -1.06. The number of ether oxygens (including phenoxy) is 6. The fourth-order valence-corrected chi connectivity index (χ4v) is 15.7. The number of carbonyl (C=O) groups is 8. The number of carbonyl (C=O) groups excluding carboxylic acids is 8. The molecular weight excluding hydrogens is 1620 g/mol. The maximum Gasteiger partial charge on any atom is 0.344 e. The molecule has 5 aromatic carbocycles. The van der Waals surface area contributed by atoms with Gasteiger partial charge in [0.05, 0.1) is 41.3 Å². The van der Waals surface area contributed by atoms with E-state index in [0.717, 1.165) is 92.5 Å². The number of benzene rings is 5. The fraction of sp³-hybridized carbons (Fsp3) is 0.519. The molecule has 8 amide bonds. The van der Waals surface area contributed by atoms with Gasteiger partial charge in [-0.3, -0.25) is 42.9 Å². The molecule has 23 N–H and O–H groups in total. The molecule has 2 saturated heterocycles. The second-order valence-corrected chi connectivity index (χ2v) is 33.3. The van der Waals surface area contributed by atoms with Crippen LogP contribution < -0.4 is 73.1 Å². The molecule has 7 aliphatic rings. The van der Waals surface area contributed by atoms with Crippen molar-refractivity contribution in [1.29, 1.82) is 0 Å². The number of fused-ring (bicyclic) bond motifs is 15. The lowest BCUT2D eigenvalue weighted by atomic mass is 9.85. The Labute approximate surface area is 694 Å². The highest BCUT2D eigenvalue weighted by Crippen LogP contribution is 2.50. The normalized spacial score (nSPS) is 26.9. The number of hydrogen-bond donors (Lipinski definition) is 22. The van der Waals surface area contributed by atoms with E-state index in [9.17, 15) is 79.5 Å². The van der Waals surface area contributed by atoms with E-state index >= 15 is 19.2 Å². The Morgan fingerprint density at radius 1 is 0.689 bits per heavy atom. The summed E-state index contributed by atoms with van der Waals surface area (Å²) in [5.74, 6) is -16.0. The molecule has 40 heteroatoms. The number of likely N-dealkylation sites (N-methyl/N-ethyl adjacent to an activating group) is 1. The van der Waals surface area contributed by atoms with Crippen LogP contribution in [0.2, 0.25) is 10.0 Å². The highest BCUT2D eigenvalue weighted by atomic mass is 35.5. The number of nitrogens with two attached hydrogens (primary N) is 1. The van der Waals surface area contributed by atoms with Gasteiger partial charge in [0.25, 0.3) is 0 Å². The number of phenols is 3. The number of aliphatic hydroxyl groups is 6. The number of amides is 8. The van der Waals surface area contributed by atoms with Crippen molar-refractivity contribution in [1.82, 2.24) is 53.2 Å². The molecule has 5 aromatic rings. The van der Waals surface area contributed by atoms with E-state index in [1.54, 1.807) is 13.8 Å². The van der Waals surface area contributed by atoms with E-state index in [4.69, 9.17) is 57.4 Å². The lowest BCUT2D eigenvalue weighted by molar-refractivity contribution is -0.334. The van der Waals surface area contributed by atoms with E-state index in [1.165, 1.54) is 51.3 Å². The molecule has 0 unspecified atom stereocenters. The number of aromatic hydroxyl groups is 3. The first-order valence-electron chi connectivity index (χ1n) is 39.1. The van der Waals surface area contributed by atoms with Gasteiger partial charge in [-0.1, -0.05) is 107 Å². The molecular formula is C79H104Cl2N11O26P. The lowest BCUT2D eigenvalue weighted by Crippen LogP contribution is -2.65. The van der Waals surface area contributed by atoms with Gasteiger partial charge in [0, 0.05) is 42.2 Å². The number of aliphatic hydroxyl groups excluding tert-OH is 6. The largest absolute Gasteiger partial charge is 0.508 e. The van der Waals surface area contributed by atoms with Crippen LogP contribution >= 0.6 is 30.8 Å². The first kappa shape index (κ1) is 92.2. The van der Waals surface area contributed by atoms with Crippen molar-refractivity contribution in [2.75, 3.05) is 39.6 Å². The van der Waals surface area contributed by atoms with Gasteiger partial charge in [0.1, 0.15) is 102 Å². The lowest BCUT2D eigenvalue weighted by Gasteiger charge is -2.48. The number of hydrogen-bond acceptors (Lipinski definition) is 27. The summed E-state index contributed by atoms with van der Waals surface area (Å²) >= 11 is 14.3. The maximum atomic E-state index is 16.3. The number of unbranched alkanes of at least 4 members (excludes halogenated alkanes) is 7. The Morgan fingerprint density at radius 3 is 1.92 bits per heavy atom. The molecule has 0 saturated carbocycles. The first-order valence-corrected chi connectivity index (χ1v) is 41.7. The molecule has 7 aliphatic heterocycles. The van der Waals surface area contributed by atoms with Gasteiger partial charge >= 0.3 is 7.60 Å². The molecule has 18 atom stereocenters. The van der Waals surface area contributed by atoms with Gasteiger partial charge in [0.15, 0.2) is 23.9 Å². The smallest absolute Gasteiger partial charge is 0.344 e. The number of rotatable bonds is 28. The quantitative estimate of drug-likeness (QED) is 0.0253. The van der Waals surface area contributed by atoms with Crippen LogP contribution in [0.15, 0.2) is 78.9 Å². The summed E-state index contributed by atoms with van der Waals surface area (Å²) in [7, 11) is -3.64. The Balaban J connectivity index is 1.16. The van der Waals surface area contributed by atoms with Crippen molar-refractivity contribution in [2.24, 2.45) is 11.7 Å². The molecule has 11 bridgehead atoms. The molecule has 119 heavy (non-hydrogen) atoms. The molecule has 0 aliphatic carbocycles. The summed E-state index contributed by atoms with van der Waals surface area (Å²) in [6.07, 6.45) is -10.8. The average Bonchev–Trinajstić information content (AvgIpc) is 0.766. The highest BCUT2D eigenvalue weighted by molar-refractivity contribution is 7.51. The second-order valence-electron chi connectivity index (χ2n) is 30.8. The van der Waals surface area contributed by atoms with Crippen molar-refractivity contribution >= 4 is 78.1 Å². The van der Waals surface area contributed by atoms with Crippen LogP contribution in [0, 0.1) is 5.92 Å². The summed E-state index contributed by atoms with van der Waals surface area (Å²) in [6.45, 7) is 9.79.